The van der Waals surface area contributed by atoms with Crippen LogP contribution in [0.4, 0.5) is 23.1 Å². The van der Waals surface area contributed by atoms with E-state index in [1.54, 1.807) is 24.3 Å². The van der Waals surface area contributed by atoms with E-state index in [0.717, 1.165) is 0 Å². The predicted octanol–water partition coefficient (Wildman–Crippen LogP) is 3.13. The molecule has 0 amide bonds. The van der Waals surface area contributed by atoms with E-state index < -0.39 is 14.9 Å². The number of anilines is 3. The number of benzene rings is 2. The van der Waals surface area contributed by atoms with Crippen LogP contribution in [0.5, 0.6) is 0 Å². The summed E-state index contributed by atoms with van der Waals surface area (Å²) in [5, 5.41) is 16.7. The third kappa shape index (κ3) is 5.38. The third-order valence-electron chi connectivity index (χ3n) is 3.63. The largest absolute Gasteiger partial charge is 0.355 e. The molecular weight excluding hydrogens is 420 g/mol. The van der Waals surface area contributed by atoms with Gasteiger partial charge >= 0.3 is 0 Å². The molecule has 0 saturated carbocycles. The Labute approximate surface area is 171 Å². The molecule has 2 aromatic carbocycles. The van der Waals surface area contributed by atoms with Crippen molar-refractivity contribution in [2.45, 2.75) is 4.90 Å². The van der Waals surface area contributed by atoms with Crippen LogP contribution in [0.15, 0.2) is 65.7 Å². The van der Waals surface area contributed by atoms with Crippen LogP contribution in [-0.2, 0) is 10.0 Å². The van der Waals surface area contributed by atoms with Crippen molar-refractivity contribution in [1.29, 1.82) is 0 Å². The SMILES string of the molecule is O=[N+]([O-])c1cccc(Nc2ncc(Cl)c(NCNS(=O)(=O)c3ccccc3)n2)c1. The predicted molar refractivity (Wildman–Crippen MR) is 109 cm³/mol. The van der Waals surface area contributed by atoms with Crippen molar-refractivity contribution in [3.05, 3.63) is 75.9 Å². The highest BCUT2D eigenvalue weighted by atomic mass is 35.5. The topological polar surface area (TPSA) is 139 Å². The number of halogens is 1. The van der Waals surface area contributed by atoms with E-state index in [-0.39, 0.29) is 34.0 Å². The molecule has 1 heterocycles. The molecule has 3 aromatic rings. The summed E-state index contributed by atoms with van der Waals surface area (Å²) in [6.45, 7) is -0.162. The number of non-ortho nitro benzene ring substituents is 1. The first-order valence-electron chi connectivity index (χ1n) is 8.18. The molecular formula is C17H15ClN6O4S. The van der Waals surface area contributed by atoms with E-state index in [4.69, 9.17) is 11.6 Å². The van der Waals surface area contributed by atoms with Crippen LogP contribution in [0.1, 0.15) is 0 Å². The standard InChI is InChI=1S/C17H15ClN6O4S/c18-15-10-19-17(22-12-5-4-6-13(9-12)24(25)26)23-16(15)20-11-21-29(27,28)14-7-2-1-3-8-14/h1-10,21H,11H2,(H2,19,20,22,23). The van der Waals surface area contributed by atoms with Gasteiger partial charge in [0.1, 0.15) is 5.02 Å². The number of sulfonamides is 1. The van der Waals surface area contributed by atoms with Crippen molar-refractivity contribution in [2.24, 2.45) is 0 Å². The van der Waals surface area contributed by atoms with E-state index in [1.807, 2.05) is 0 Å². The number of nitro groups is 1. The fraction of sp³-hybridized carbons (Fsp3) is 0.0588. The maximum absolute atomic E-state index is 12.2. The Kier molecular flexibility index (Phi) is 6.22. The highest BCUT2D eigenvalue weighted by molar-refractivity contribution is 7.89. The molecule has 1 aromatic heterocycles. The van der Waals surface area contributed by atoms with Gasteiger partial charge < -0.3 is 10.6 Å². The van der Waals surface area contributed by atoms with Crippen LogP contribution >= 0.6 is 11.6 Å². The minimum absolute atomic E-state index is 0.0855. The van der Waals surface area contributed by atoms with Crippen LogP contribution in [0.2, 0.25) is 5.02 Å². The van der Waals surface area contributed by atoms with Gasteiger partial charge in [-0.2, -0.15) is 9.71 Å². The molecule has 0 aliphatic heterocycles. The molecule has 0 atom stereocenters. The third-order valence-corrected chi connectivity index (χ3v) is 5.32. The zero-order chi connectivity index (χ0) is 20.9. The van der Waals surface area contributed by atoms with Crippen molar-refractivity contribution in [3.8, 4) is 0 Å². The number of aromatic nitrogens is 2. The van der Waals surface area contributed by atoms with Crippen molar-refractivity contribution in [1.82, 2.24) is 14.7 Å². The Morgan fingerprint density at radius 1 is 1.10 bits per heavy atom. The lowest BCUT2D eigenvalue weighted by atomic mass is 10.3. The molecule has 0 bridgehead atoms. The van der Waals surface area contributed by atoms with Gasteiger partial charge in [-0.15, -0.1) is 0 Å². The molecule has 3 rings (SSSR count). The van der Waals surface area contributed by atoms with E-state index in [0.29, 0.717) is 5.69 Å². The van der Waals surface area contributed by atoms with E-state index in [1.165, 1.54) is 36.5 Å². The molecule has 0 fully saturated rings. The van der Waals surface area contributed by atoms with Gasteiger partial charge in [0.25, 0.3) is 5.69 Å². The molecule has 0 saturated heterocycles. The molecule has 0 aliphatic rings. The molecule has 3 N–H and O–H groups in total. The first-order valence-corrected chi connectivity index (χ1v) is 10.0. The average Bonchev–Trinajstić information content (AvgIpc) is 2.71. The zero-order valence-electron chi connectivity index (χ0n) is 14.7. The lowest BCUT2D eigenvalue weighted by molar-refractivity contribution is -0.384. The van der Waals surface area contributed by atoms with Gasteiger partial charge in [-0.25, -0.2) is 13.4 Å². The highest BCUT2D eigenvalue weighted by Gasteiger charge is 2.13. The van der Waals surface area contributed by atoms with Crippen LogP contribution in [-0.4, -0.2) is 30.0 Å². The normalized spacial score (nSPS) is 11.1. The Hall–Kier alpha value is -3.28. The van der Waals surface area contributed by atoms with Crippen LogP contribution < -0.4 is 15.4 Å². The molecule has 150 valence electrons. The quantitative estimate of drug-likeness (QED) is 0.279. The molecule has 10 nitrogen and oxygen atoms in total. The summed E-state index contributed by atoms with van der Waals surface area (Å²) in [6.07, 6.45) is 1.32. The van der Waals surface area contributed by atoms with Gasteiger partial charge in [-0.1, -0.05) is 35.9 Å². The number of nitrogens with zero attached hydrogens (tertiary/aromatic N) is 3. The molecule has 0 radical (unpaired) electrons. The van der Waals surface area contributed by atoms with Gasteiger partial charge in [0, 0.05) is 17.8 Å². The van der Waals surface area contributed by atoms with Crippen LogP contribution in [0.25, 0.3) is 0 Å². The smallest absolute Gasteiger partial charge is 0.271 e. The second-order valence-electron chi connectivity index (χ2n) is 5.64. The van der Waals surface area contributed by atoms with Crippen LogP contribution in [0, 0.1) is 10.1 Å². The Balaban J connectivity index is 1.68. The fourth-order valence-corrected chi connectivity index (χ4v) is 3.38. The first-order chi connectivity index (χ1) is 13.8. The molecule has 29 heavy (non-hydrogen) atoms. The maximum atomic E-state index is 12.2. The number of hydrogen-bond donors (Lipinski definition) is 3. The van der Waals surface area contributed by atoms with Crippen molar-refractivity contribution in [2.75, 3.05) is 17.3 Å². The first kappa shape index (κ1) is 20.5. The summed E-state index contributed by atoms with van der Waals surface area (Å²) in [6, 6.07) is 13.7. The number of nitro benzene ring substituents is 1. The summed E-state index contributed by atoms with van der Waals surface area (Å²) < 4.78 is 26.8. The highest BCUT2D eigenvalue weighted by Crippen LogP contribution is 2.23. The van der Waals surface area contributed by atoms with E-state index in [2.05, 4.69) is 25.3 Å². The van der Waals surface area contributed by atoms with Crippen molar-refractivity contribution >= 4 is 44.8 Å². The second-order valence-corrected chi connectivity index (χ2v) is 7.81. The number of nitrogens with one attached hydrogen (secondary N) is 3. The lowest BCUT2D eigenvalue weighted by Crippen LogP contribution is -2.29. The summed E-state index contributed by atoms with van der Waals surface area (Å²) in [4.78, 5) is 18.7. The van der Waals surface area contributed by atoms with Gasteiger partial charge in [0.05, 0.1) is 22.7 Å². The van der Waals surface area contributed by atoms with Crippen LogP contribution in [0.3, 0.4) is 0 Å². The lowest BCUT2D eigenvalue weighted by Gasteiger charge is -2.11. The Bertz CT molecular complexity index is 1130. The van der Waals surface area contributed by atoms with Gasteiger partial charge in [0.15, 0.2) is 5.82 Å². The Morgan fingerprint density at radius 2 is 1.86 bits per heavy atom. The van der Waals surface area contributed by atoms with E-state index >= 15 is 0 Å². The van der Waals surface area contributed by atoms with Gasteiger partial charge in [0.2, 0.25) is 16.0 Å². The van der Waals surface area contributed by atoms with Gasteiger partial charge in [-0.05, 0) is 18.2 Å². The molecule has 0 unspecified atom stereocenters. The van der Waals surface area contributed by atoms with Crippen molar-refractivity contribution in [3.63, 3.8) is 0 Å². The van der Waals surface area contributed by atoms with E-state index in [9.17, 15) is 18.5 Å². The summed E-state index contributed by atoms with van der Waals surface area (Å²) in [5.74, 6) is 0.314. The Morgan fingerprint density at radius 3 is 2.59 bits per heavy atom. The molecule has 0 aliphatic carbocycles. The minimum atomic E-state index is -3.69. The monoisotopic (exact) mass is 434 g/mol. The minimum Gasteiger partial charge on any atom is -0.355 e. The zero-order valence-corrected chi connectivity index (χ0v) is 16.3. The average molecular weight is 435 g/mol. The number of rotatable bonds is 8. The molecule has 12 heteroatoms. The number of hydrogen-bond acceptors (Lipinski definition) is 8. The maximum Gasteiger partial charge on any atom is 0.271 e. The fourth-order valence-electron chi connectivity index (χ4n) is 2.28. The summed E-state index contributed by atoms with van der Waals surface area (Å²) in [5.41, 5.74) is 0.329. The summed E-state index contributed by atoms with van der Waals surface area (Å²) >= 11 is 6.05. The molecule has 0 spiro atoms. The summed E-state index contributed by atoms with van der Waals surface area (Å²) in [7, 11) is -3.69. The van der Waals surface area contributed by atoms with Crippen molar-refractivity contribution < 1.29 is 13.3 Å². The second kappa shape index (κ2) is 8.82. The van der Waals surface area contributed by atoms with Gasteiger partial charge in [-0.3, -0.25) is 10.1 Å².